The summed E-state index contributed by atoms with van der Waals surface area (Å²) in [5, 5.41) is 13.5. The zero-order valence-corrected chi connectivity index (χ0v) is 18.8. The SMILES string of the molecule is CC(=O)Nc1cc(Cl)ccc1/C=C/C(=O)N1CCN(Cc2ccc(F)cc2)C[C@H]1C(C)O. The summed E-state index contributed by atoms with van der Waals surface area (Å²) in [7, 11) is 0. The average Bonchev–Trinajstić information content (AvgIpc) is 2.74. The number of piperazine rings is 1. The van der Waals surface area contributed by atoms with Crippen LogP contribution in [-0.4, -0.2) is 58.5 Å². The van der Waals surface area contributed by atoms with E-state index in [9.17, 15) is 19.1 Å². The second-order valence-corrected chi connectivity index (χ2v) is 8.38. The van der Waals surface area contributed by atoms with Crippen molar-refractivity contribution in [3.05, 3.63) is 70.5 Å². The number of rotatable bonds is 6. The zero-order chi connectivity index (χ0) is 23.3. The first kappa shape index (κ1) is 23.9. The summed E-state index contributed by atoms with van der Waals surface area (Å²) in [6.07, 6.45) is 2.36. The Hall–Kier alpha value is -2.74. The summed E-state index contributed by atoms with van der Waals surface area (Å²) in [6, 6.07) is 11.0. The third-order valence-corrected chi connectivity index (χ3v) is 5.63. The van der Waals surface area contributed by atoms with Gasteiger partial charge in [0.1, 0.15) is 5.82 Å². The Morgan fingerprint density at radius 3 is 2.62 bits per heavy atom. The molecule has 170 valence electrons. The standard InChI is InChI=1S/C24H27ClFN3O3/c1-16(30)23-15-28(14-18-3-8-21(26)9-4-18)11-12-29(23)24(32)10-6-19-5-7-20(25)13-22(19)27-17(2)31/h3-10,13,16,23,30H,11-12,14-15H2,1-2H3,(H,27,31)/b10-6+/t16?,23-/m0/s1. The fourth-order valence-corrected chi connectivity index (χ4v) is 3.95. The van der Waals surface area contributed by atoms with Crippen LogP contribution in [0.5, 0.6) is 0 Å². The van der Waals surface area contributed by atoms with E-state index in [2.05, 4.69) is 10.2 Å². The van der Waals surface area contributed by atoms with Crippen LogP contribution in [0.25, 0.3) is 6.08 Å². The number of hydrogen-bond acceptors (Lipinski definition) is 4. The van der Waals surface area contributed by atoms with Crippen LogP contribution >= 0.6 is 11.6 Å². The van der Waals surface area contributed by atoms with Gasteiger partial charge in [0.15, 0.2) is 0 Å². The second-order valence-electron chi connectivity index (χ2n) is 7.95. The van der Waals surface area contributed by atoms with Gasteiger partial charge in [0, 0.05) is 49.9 Å². The van der Waals surface area contributed by atoms with E-state index in [0.717, 1.165) is 5.56 Å². The number of carbonyl (C=O) groups excluding carboxylic acids is 2. The lowest BCUT2D eigenvalue weighted by Gasteiger charge is -2.42. The van der Waals surface area contributed by atoms with Gasteiger partial charge in [0.25, 0.3) is 0 Å². The van der Waals surface area contributed by atoms with E-state index in [4.69, 9.17) is 11.6 Å². The minimum absolute atomic E-state index is 0.221. The first-order chi connectivity index (χ1) is 15.2. The number of amides is 2. The molecule has 2 amide bonds. The maximum absolute atomic E-state index is 13.2. The maximum atomic E-state index is 13.2. The Labute approximate surface area is 192 Å². The van der Waals surface area contributed by atoms with Gasteiger partial charge >= 0.3 is 0 Å². The molecule has 1 aliphatic rings. The monoisotopic (exact) mass is 459 g/mol. The topological polar surface area (TPSA) is 72.9 Å². The number of hydrogen-bond donors (Lipinski definition) is 2. The molecule has 1 fully saturated rings. The number of halogens is 2. The van der Waals surface area contributed by atoms with E-state index in [1.54, 1.807) is 48.2 Å². The Morgan fingerprint density at radius 2 is 1.97 bits per heavy atom. The van der Waals surface area contributed by atoms with Crippen LogP contribution < -0.4 is 5.32 Å². The van der Waals surface area contributed by atoms with Gasteiger partial charge in [0.2, 0.25) is 11.8 Å². The largest absolute Gasteiger partial charge is 0.391 e. The number of nitrogens with one attached hydrogen (secondary N) is 1. The predicted molar refractivity (Wildman–Crippen MR) is 124 cm³/mol. The van der Waals surface area contributed by atoms with Crippen molar-refractivity contribution in [2.45, 2.75) is 32.5 Å². The molecule has 0 aliphatic carbocycles. The van der Waals surface area contributed by atoms with Gasteiger partial charge in [-0.15, -0.1) is 0 Å². The average molecular weight is 460 g/mol. The molecular weight excluding hydrogens is 433 g/mol. The third-order valence-electron chi connectivity index (χ3n) is 5.39. The minimum Gasteiger partial charge on any atom is -0.391 e. The van der Waals surface area contributed by atoms with Gasteiger partial charge in [-0.05, 0) is 48.4 Å². The predicted octanol–water partition coefficient (Wildman–Crippen LogP) is 3.54. The summed E-state index contributed by atoms with van der Waals surface area (Å²) in [4.78, 5) is 28.2. The van der Waals surface area contributed by atoms with Crippen molar-refractivity contribution >= 4 is 35.2 Å². The van der Waals surface area contributed by atoms with E-state index in [1.807, 2.05) is 0 Å². The molecule has 0 spiro atoms. The smallest absolute Gasteiger partial charge is 0.247 e. The number of carbonyl (C=O) groups is 2. The Kier molecular flexibility index (Phi) is 8.01. The lowest BCUT2D eigenvalue weighted by Crippen LogP contribution is -2.58. The van der Waals surface area contributed by atoms with Crippen LogP contribution in [0.1, 0.15) is 25.0 Å². The summed E-state index contributed by atoms with van der Waals surface area (Å²) < 4.78 is 13.2. The summed E-state index contributed by atoms with van der Waals surface area (Å²) in [5.41, 5.74) is 2.15. The molecule has 2 atom stereocenters. The normalized spacial score (nSPS) is 18.0. The number of aliphatic hydroxyl groups excluding tert-OH is 1. The van der Waals surface area contributed by atoms with Crippen molar-refractivity contribution in [1.82, 2.24) is 9.80 Å². The van der Waals surface area contributed by atoms with Gasteiger partial charge in [-0.3, -0.25) is 14.5 Å². The number of anilines is 1. The highest BCUT2D eigenvalue weighted by atomic mass is 35.5. The Bertz CT molecular complexity index is 994. The molecule has 32 heavy (non-hydrogen) atoms. The second kappa shape index (κ2) is 10.7. The molecule has 6 nitrogen and oxygen atoms in total. The highest BCUT2D eigenvalue weighted by Gasteiger charge is 2.32. The molecule has 2 N–H and O–H groups in total. The molecule has 1 saturated heterocycles. The third kappa shape index (κ3) is 6.38. The number of nitrogens with zero attached hydrogens (tertiary/aromatic N) is 2. The molecule has 0 saturated carbocycles. The van der Waals surface area contributed by atoms with E-state index in [0.29, 0.717) is 42.5 Å². The molecule has 0 radical (unpaired) electrons. The Morgan fingerprint density at radius 1 is 1.25 bits per heavy atom. The lowest BCUT2D eigenvalue weighted by atomic mass is 10.1. The molecule has 3 rings (SSSR count). The molecule has 1 unspecified atom stereocenters. The Balaban J connectivity index is 1.70. The van der Waals surface area contributed by atoms with E-state index in [1.165, 1.54) is 25.1 Å². The van der Waals surface area contributed by atoms with Crippen molar-refractivity contribution in [3.63, 3.8) is 0 Å². The molecule has 2 aromatic carbocycles. The van der Waals surface area contributed by atoms with Crippen LogP contribution in [0.2, 0.25) is 5.02 Å². The summed E-state index contributed by atoms with van der Waals surface area (Å²) in [5.74, 6) is -0.735. The van der Waals surface area contributed by atoms with E-state index in [-0.39, 0.29) is 23.7 Å². The van der Waals surface area contributed by atoms with E-state index < -0.39 is 6.10 Å². The van der Waals surface area contributed by atoms with Crippen molar-refractivity contribution in [1.29, 1.82) is 0 Å². The van der Waals surface area contributed by atoms with Crippen LogP contribution in [0.15, 0.2) is 48.5 Å². The van der Waals surface area contributed by atoms with Crippen molar-refractivity contribution < 1.29 is 19.1 Å². The van der Waals surface area contributed by atoms with Gasteiger partial charge in [-0.2, -0.15) is 0 Å². The minimum atomic E-state index is -0.714. The van der Waals surface area contributed by atoms with Crippen LogP contribution in [-0.2, 0) is 16.1 Å². The van der Waals surface area contributed by atoms with Gasteiger partial charge in [-0.1, -0.05) is 29.8 Å². The number of benzene rings is 2. The fraction of sp³-hybridized carbons (Fsp3) is 0.333. The summed E-state index contributed by atoms with van der Waals surface area (Å²) >= 11 is 6.02. The van der Waals surface area contributed by atoms with Crippen molar-refractivity contribution in [3.8, 4) is 0 Å². The lowest BCUT2D eigenvalue weighted by molar-refractivity contribution is -0.134. The number of aliphatic hydroxyl groups is 1. The maximum Gasteiger partial charge on any atom is 0.247 e. The van der Waals surface area contributed by atoms with E-state index >= 15 is 0 Å². The van der Waals surface area contributed by atoms with Crippen LogP contribution in [0.3, 0.4) is 0 Å². The molecule has 1 heterocycles. The molecule has 0 aromatic heterocycles. The highest BCUT2D eigenvalue weighted by molar-refractivity contribution is 6.31. The first-order valence-corrected chi connectivity index (χ1v) is 10.8. The van der Waals surface area contributed by atoms with Crippen LogP contribution in [0.4, 0.5) is 10.1 Å². The molecule has 0 bridgehead atoms. The molecular formula is C24H27ClFN3O3. The van der Waals surface area contributed by atoms with Crippen molar-refractivity contribution in [2.75, 3.05) is 25.0 Å². The highest BCUT2D eigenvalue weighted by Crippen LogP contribution is 2.23. The first-order valence-electron chi connectivity index (χ1n) is 10.4. The summed E-state index contributed by atoms with van der Waals surface area (Å²) in [6.45, 7) is 5.29. The van der Waals surface area contributed by atoms with Crippen molar-refractivity contribution in [2.24, 2.45) is 0 Å². The van der Waals surface area contributed by atoms with Gasteiger partial charge in [0.05, 0.1) is 12.1 Å². The zero-order valence-electron chi connectivity index (χ0n) is 18.1. The molecule has 1 aliphatic heterocycles. The quantitative estimate of drug-likeness (QED) is 0.648. The van der Waals surface area contributed by atoms with Gasteiger partial charge in [-0.25, -0.2) is 4.39 Å². The fourth-order valence-electron chi connectivity index (χ4n) is 3.78. The van der Waals surface area contributed by atoms with Gasteiger partial charge < -0.3 is 15.3 Å². The molecule has 2 aromatic rings. The molecule has 8 heteroatoms. The van der Waals surface area contributed by atoms with Crippen LogP contribution in [0, 0.1) is 5.82 Å².